The fourth-order valence-corrected chi connectivity index (χ4v) is 2.26. The number of allylic oxidation sites excluding steroid dienone is 1. The van der Waals surface area contributed by atoms with E-state index in [2.05, 4.69) is 9.80 Å². The predicted octanol–water partition coefficient (Wildman–Crippen LogP) is 1.55. The maximum atomic E-state index is 11.4. The topological polar surface area (TPSA) is 23.6 Å². The average Bonchev–Trinajstić information content (AvgIpc) is 3.13. The lowest BCUT2D eigenvalue weighted by atomic mass is 10.1. The Kier molecular flexibility index (Phi) is 4.35. The maximum absolute atomic E-state index is 11.4. The molecule has 0 spiro atoms. The largest absolute Gasteiger partial charge is 0.298 e. The van der Waals surface area contributed by atoms with Gasteiger partial charge in [-0.05, 0) is 18.9 Å². The Morgan fingerprint density at radius 3 is 2.41 bits per heavy atom. The van der Waals surface area contributed by atoms with Gasteiger partial charge >= 0.3 is 0 Å². The lowest BCUT2D eigenvalue weighted by Gasteiger charge is -2.34. The summed E-state index contributed by atoms with van der Waals surface area (Å²) in [5.41, 5.74) is 0. The van der Waals surface area contributed by atoms with Gasteiger partial charge in [0.1, 0.15) is 0 Å². The second-order valence-corrected chi connectivity index (χ2v) is 5.53. The Bertz CT molecular complexity index is 287. The lowest BCUT2D eigenvalue weighted by Crippen LogP contribution is -2.47. The first-order chi connectivity index (χ1) is 8.16. The number of piperazine rings is 1. The first-order valence-electron chi connectivity index (χ1n) is 6.83. The molecule has 1 saturated carbocycles. The van der Waals surface area contributed by atoms with Crippen molar-refractivity contribution in [3.05, 3.63) is 12.2 Å². The van der Waals surface area contributed by atoms with Crippen LogP contribution in [-0.4, -0.2) is 54.3 Å². The fourth-order valence-electron chi connectivity index (χ4n) is 2.26. The maximum Gasteiger partial charge on any atom is 0.157 e. The molecule has 2 rings (SSSR count). The van der Waals surface area contributed by atoms with Gasteiger partial charge in [0.15, 0.2) is 5.78 Å². The molecule has 0 bridgehead atoms. The third-order valence-electron chi connectivity index (χ3n) is 3.68. The van der Waals surface area contributed by atoms with Crippen molar-refractivity contribution in [1.29, 1.82) is 0 Å². The summed E-state index contributed by atoms with van der Waals surface area (Å²) in [4.78, 5) is 16.5. The second-order valence-electron chi connectivity index (χ2n) is 5.53. The molecule has 3 heteroatoms. The minimum Gasteiger partial charge on any atom is -0.298 e. The van der Waals surface area contributed by atoms with Gasteiger partial charge in [0.2, 0.25) is 0 Å². The van der Waals surface area contributed by atoms with Gasteiger partial charge in [0, 0.05) is 44.7 Å². The van der Waals surface area contributed by atoms with E-state index in [1.807, 2.05) is 19.9 Å². The van der Waals surface area contributed by atoms with Crippen LogP contribution in [0.4, 0.5) is 0 Å². The number of hydrogen-bond donors (Lipinski definition) is 0. The molecule has 0 atom stereocenters. The molecule has 1 heterocycles. The summed E-state index contributed by atoms with van der Waals surface area (Å²) in [5.74, 6) is 0.361. The zero-order valence-corrected chi connectivity index (χ0v) is 11.1. The SMILES string of the molecule is CC(C)C(=O)/C=C/CN1CCN(C2CC2)CC1. The molecule has 3 nitrogen and oxygen atoms in total. The van der Waals surface area contributed by atoms with E-state index < -0.39 is 0 Å². The van der Waals surface area contributed by atoms with Crippen LogP contribution < -0.4 is 0 Å². The standard InChI is InChI=1S/C14H24N2O/c1-12(2)14(17)4-3-7-15-8-10-16(11-9-15)13-5-6-13/h3-4,12-13H,5-11H2,1-2H3/b4-3+. The van der Waals surface area contributed by atoms with Gasteiger partial charge in [-0.2, -0.15) is 0 Å². The highest BCUT2D eigenvalue weighted by Crippen LogP contribution is 2.27. The Balaban J connectivity index is 1.65. The molecule has 17 heavy (non-hydrogen) atoms. The Hall–Kier alpha value is -0.670. The van der Waals surface area contributed by atoms with Gasteiger partial charge in [-0.3, -0.25) is 14.6 Å². The molecular weight excluding hydrogens is 212 g/mol. The van der Waals surface area contributed by atoms with Crippen molar-refractivity contribution in [3.8, 4) is 0 Å². The van der Waals surface area contributed by atoms with E-state index in [1.165, 1.54) is 25.9 Å². The first kappa shape index (κ1) is 12.8. The number of nitrogens with zero attached hydrogens (tertiary/aromatic N) is 2. The van der Waals surface area contributed by atoms with Crippen LogP contribution in [-0.2, 0) is 4.79 Å². The van der Waals surface area contributed by atoms with E-state index >= 15 is 0 Å². The van der Waals surface area contributed by atoms with Crippen molar-refractivity contribution >= 4 is 5.78 Å². The van der Waals surface area contributed by atoms with E-state index in [0.29, 0.717) is 0 Å². The molecule has 1 aliphatic heterocycles. The molecule has 1 aliphatic carbocycles. The predicted molar refractivity (Wildman–Crippen MR) is 70.0 cm³/mol. The molecule has 0 aromatic carbocycles. The molecule has 1 saturated heterocycles. The highest BCUT2D eigenvalue weighted by molar-refractivity contribution is 5.91. The summed E-state index contributed by atoms with van der Waals surface area (Å²) in [6.45, 7) is 9.53. The van der Waals surface area contributed by atoms with Crippen molar-refractivity contribution in [2.24, 2.45) is 5.92 Å². The summed E-state index contributed by atoms with van der Waals surface area (Å²) in [7, 11) is 0. The molecule has 0 aromatic heterocycles. The Morgan fingerprint density at radius 1 is 1.24 bits per heavy atom. The van der Waals surface area contributed by atoms with E-state index in [4.69, 9.17) is 0 Å². The van der Waals surface area contributed by atoms with E-state index in [0.717, 1.165) is 25.7 Å². The van der Waals surface area contributed by atoms with Crippen LogP contribution in [0.3, 0.4) is 0 Å². The zero-order valence-electron chi connectivity index (χ0n) is 11.1. The highest BCUT2D eigenvalue weighted by atomic mass is 16.1. The van der Waals surface area contributed by atoms with Crippen molar-refractivity contribution in [3.63, 3.8) is 0 Å². The van der Waals surface area contributed by atoms with Crippen LogP contribution in [0.15, 0.2) is 12.2 Å². The first-order valence-corrected chi connectivity index (χ1v) is 6.83. The van der Waals surface area contributed by atoms with Crippen LogP contribution in [0.25, 0.3) is 0 Å². The highest BCUT2D eigenvalue weighted by Gasteiger charge is 2.30. The summed E-state index contributed by atoms with van der Waals surface area (Å²) in [5, 5.41) is 0. The normalized spacial score (nSPS) is 23.7. The summed E-state index contributed by atoms with van der Waals surface area (Å²) < 4.78 is 0. The van der Waals surface area contributed by atoms with Gasteiger partial charge in [0.25, 0.3) is 0 Å². The number of carbonyl (C=O) groups is 1. The van der Waals surface area contributed by atoms with Gasteiger partial charge in [-0.15, -0.1) is 0 Å². The molecule has 0 unspecified atom stereocenters. The van der Waals surface area contributed by atoms with E-state index in [1.54, 1.807) is 6.08 Å². The third kappa shape index (κ3) is 3.93. The molecule has 2 aliphatic rings. The number of rotatable bonds is 5. The van der Waals surface area contributed by atoms with Gasteiger partial charge < -0.3 is 0 Å². The number of ketones is 1. The summed E-state index contributed by atoms with van der Waals surface area (Å²) in [6, 6.07) is 0.898. The van der Waals surface area contributed by atoms with Crippen LogP contribution in [0.5, 0.6) is 0 Å². The second kappa shape index (κ2) is 5.78. The molecule has 96 valence electrons. The lowest BCUT2D eigenvalue weighted by molar-refractivity contribution is -0.117. The average molecular weight is 236 g/mol. The van der Waals surface area contributed by atoms with Crippen molar-refractivity contribution in [1.82, 2.24) is 9.80 Å². The zero-order chi connectivity index (χ0) is 12.3. The fraction of sp³-hybridized carbons (Fsp3) is 0.786. The molecule has 2 fully saturated rings. The Labute approximate surface area is 104 Å². The van der Waals surface area contributed by atoms with Gasteiger partial charge in [-0.25, -0.2) is 0 Å². The van der Waals surface area contributed by atoms with Crippen molar-refractivity contribution in [2.75, 3.05) is 32.7 Å². The summed E-state index contributed by atoms with van der Waals surface area (Å²) >= 11 is 0. The van der Waals surface area contributed by atoms with Crippen LogP contribution >= 0.6 is 0 Å². The van der Waals surface area contributed by atoms with Crippen LogP contribution in [0.1, 0.15) is 26.7 Å². The van der Waals surface area contributed by atoms with Gasteiger partial charge in [-0.1, -0.05) is 19.9 Å². The quantitative estimate of drug-likeness (QED) is 0.677. The van der Waals surface area contributed by atoms with E-state index in [-0.39, 0.29) is 11.7 Å². The number of carbonyl (C=O) groups excluding carboxylic acids is 1. The monoisotopic (exact) mass is 236 g/mol. The smallest absolute Gasteiger partial charge is 0.157 e. The molecule has 0 amide bonds. The Morgan fingerprint density at radius 2 is 1.88 bits per heavy atom. The van der Waals surface area contributed by atoms with Crippen molar-refractivity contribution < 1.29 is 4.79 Å². The van der Waals surface area contributed by atoms with Crippen LogP contribution in [0, 0.1) is 5.92 Å². The minimum atomic E-state index is 0.123. The third-order valence-corrected chi connectivity index (χ3v) is 3.68. The molecule has 0 radical (unpaired) electrons. The van der Waals surface area contributed by atoms with Crippen molar-refractivity contribution in [2.45, 2.75) is 32.7 Å². The molecular formula is C14H24N2O. The molecule has 0 N–H and O–H groups in total. The van der Waals surface area contributed by atoms with Gasteiger partial charge in [0.05, 0.1) is 0 Å². The minimum absolute atomic E-state index is 0.123. The van der Waals surface area contributed by atoms with Crippen LogP contribution in [0.2, 0.25) is 0 Å². The number of hydrogen-bond acceptors (Lipinski definition) is 3. The summed E-state index contributed by atoms with van der Waals surface area (Å²) in [6.07, 6.45) is 6.58. The molecule has 0 aromatic rings. The van der Waals surface area contributed by atoms with E-state index in [9.17, 15) is 4.79 Å².